The van der Waals surface area contributed by atoms with Gasteiger partial charge in [-0.05, 0) is 12.5 Å². The third-order valence-corrected chi connectivity index (χ3v) is 2.52. The third kappa shape index (κ3) is 6.07. The smallest absolute Gasteiger partial charge is 0.475 e. The van der Waals surface area contributed by atoms with Gasteiger partial charge >= 0.3 is 12.1 Å². The van der Waals surface area contributed by atoms with Crippen molar-refractivity contribution in [2.45, 2.75) is 19.3 Å². The number of anilines is 1. The van der Waals surface area contributed by atoms with Crippen molar-refractivity contribution in [2.75, 3.05) is 5.32 Å². The van der Waals surface area contributed by atoms with Crippen LogP contribution >= 0.6 is 0 Å². The van der Waals surface area contributed by atoms with Crippen LogP contribution < -0.4 is 5.32 Å². The van der Waals surface area contributed by atoms with Crippen molar-refractivity contribution < 1.29 is 32.3 Å². The van der Waals surface area contributed by atoms with Gasteiger partial charge in [-0.25, -0.2) is 9.18 Å². The highest BCUT2D eigenvalue weighted by molar-refractivity contribution is 5.93. The minimum atomic E-state index is -5.08. The molecule has 2 aromatic rings. The summed E-state index contributed by atoms with van der Waals surface area (Å²) in [7, 11) is 0. The highest BCUT2D eigenvalue weighted by Crippen LogP contribution is 2.18. The van der Waals surface area contributed by atoms with Gasteiger partial charge in [0.05, 0.1) is 0 Å². The van der Waals surface area contributed by atoms with Crippen LogP contribution in [0.3, 0.4) is 0 Å². The second-order valence-corrected chi connectivity index (χ2v) is 4.50. The molecule has 1 amide bonds. The number of amides is 1. The maximum atomic E-state index is 13.8. The van der Waals surface area contributed by atoms with Gasteiger partial charge in [0.25, 0.3) is 5.91 Å². The largest absolute Gasteiger partial charge is 0.490 e. The Labute approximate surface area is 133 Å². The quantitative estimate of drug-likeness (QED) is 0.744. The molecule has 1 aromatic carbocycles. The van der Waals surface area contributed by atoms with Crippen LogP contribution in [-0.2, 0) is 9.59 Å². The highest BCUT2D eigenvalue weighted by atomic mass is 19.4. The number of alkyl halides is 4. The van der Waals surface area contributed by atoms with E-state index in [9.17, 15) is 22.4 Å². The number of nitrogens with zero attached hydrogens (tertiary/aromatic N) is 1. The average molecular weight is 347 g/mol. The zero-order valence-electron chi connectivity index (χ0n) is 12.3. The van der Waals surface area contributed by atoms with Crippen molar-refractivity contribution >= 4 is 17.7 Å². The maximum Gasteiger partial charge on any atom is 0.490 e. The van der Waals surface area contributed by atoms with Gasteiger partial charge < -0.3 is 10.4 Å². The highest BCUT2D eigenvalue weighted by Gasteiger charge is 2.38. The molecule has 3 N–H and O–H groups in total. The number of benzene rings is 1. The predicted molar refractivity (Wildman–Crippen MR) is 75.9 cm³/mol. The summed E-state index contributed by atoms with van der Waals surface area (Å²) in [5.41, 5.74) is 1.13. The molecule has 10 heteroatoms. The van der Waals surface area contributed by atoms with Crippen molar-refractivity contribution in [3.8, 4) is 0 Å². The molecule has 0 aliphatic carbocycles. The van der Waals surface area contributed by atoms with Crippen molar-refractivity contribution in [3.05, 3.63) is 47.7 Å². The van der Waals surface area contributed by atoms with Crippen LogP contribution in [0.1, 0.15) is 17.4 Å². The molecule has 1 heterocycles. The molecule has 1 aromatic heterocycles. The lowest BCUT2D eigenvalue weighted by atomic mass is 10.1. The van der Waals surface area contributed by atoms with Crippen LogP contribution in [0.2, 0.25) is 0 Å². The first-order valence-electron chi connectivity index (χ1n) is 6.43. The minimum Gasteiger partial charge on any atom is -0.475 e. The second kappa shape index (κ2) is 8.09. The summed E-state index contributed by atoms with van der Waals surface area (Å²) in [5, 5.41) is 16.0. The van der Waals surface area contributed by atoms with Gasteiger partial charge in [-0.1, -0.05) is 30.3 Å². The Morgan fingerprint density at radius 2 is 1.79 bits per heavy atom. The summed E-state index contributed by atoms with van der Waals surface area (Å²) in [6.07, 6.45) is -6.77. The van der Waals surface area contributed by atoms with Gasteiger partial charge in [0, 0.05) is 11.8 Å². The Hall–Kier alpha value is -2.91. The van der Waals surface area contributed by atoms with Gasteiger partial charge in [-0.3, -0.25) is 9.89 Å². The minimum absolute atomic E-state index is 0.325. The van der Waals surface area contributed by atoms with Gasteiger partial charge in [-0.15, -0.1) is 0 Å². The van der Waals surface area contributed by atoms with Crippen LogP contribution in [0, 0.1) is 6.92 Å². The van der Waals surface area contributed by atoms with E-state index in [1.54, 1.807) is 43.3 Å². The van der Waals surface area contributed by atoms with E-state index < -0.39 is 24.2 Å². The Balaban J connectivity index is 0.000000351. The van der Waals surface area contributed by atoms with Crippen LogP contribution in [0.15, 0.2) is 36.4 Å². The lowest BCUT2D eigenvalue weighted by Gasteiger charge is -2.07. The number of aromatic nitrogens is 2. The molecule has 2 rings (SSSR count). The number of rotatable bonds is 3. The molecule has 24 heavy (non-hydrogen) atoms. The zero-order chi connectivity index (χ0) is 18.3. The number of carbonyl (C=O) groups excluding carboxylic acids is 1. The molecular weight excluding hydrogens is 334 g/mol. The Morgan fingerprint density at radius 1 is 1.25 bits per heavy atom. The zero-order valence-corrected chi connectivity index (χ0v) is 12.3. The van der Waals surface area contributed by atoms with E-state index in [1.807, 2.05) is 0 Å². The van der Waals surface area contributed by atoms with Crippen LogP contribution in [0.5, 0.6) is 0 Å². The van der Waals surface area contributed by atoms with Crippen LogP contribution in [-0.4, -0.2) is 33.4 Å². The van der Waals surface area contributed by atoms with Crippen molar-refractivity contribution in [1.82, 2.24) is 10.2 Å². The van der Waals surface area contributed by atoms with Gasteiger partial charge in [0.1, 0.15) is 0 Å². The molecule has 0 saturated carbocycles. The van der Waals surface area contributed by atoms with Crippen molar-refractivity contribution in [3.63, 3.8) is 0 Å². The van der Waals surface area contributed by atoms with E-state index in [0.717, 1.165) is 5.69 Å². The summed E-state index contributed by atoms with van der Waals surface area (Å²) < 4.78 is 45.5. The first kappa shape index (κ1) is 19.1. The molecule has 0 spiro atoms. The van der Waals surface area contributed by atoms with E-state index in [-0.39, 0.29) is 0 Å². The fraction of sp³-hybridized carbons (Fsp3) is 0.214. The number of carboxylic acid groups (broad SMARTS) is 1. The molecule has 0 aliphatic rings. The lowest BCUT2D eigenvalue weighted by Crippen LogP contribution is -2.21. The lowest BCUT2D eigenvalue weighted by molar-refractivity contribution is -0.192. The number of H-pyrrole nitrogens is 1. The topological polar surface area (TPSA) is 95.1 Å². The molecular formula is C14H13F4N3O3. The molecule has 0 bridgehead atoms. The van der Waals surface area contributed by atoms with Gasteiger partial charge in [-0.2, -0.15) is 18.3 Å². The Morgan fingerprint density at radius 3 is 2.21 bits per heavy atom. The first-order chi connectivity index (χ1) is 11.1. The van der Waals surface area contributed by atoms with E-state index in [1.165, 1.54) is 0 Å². The van der Waals surface area contributed by atoms with Crippen molar-refractivity contribution in [1.29, 1.82) is 0 Å². The summed E-state index contributed by atoms with van der Waals surface area (Å²) in [6.45, 7) is 1.80. The molecule has 130 valence electrons. The van der Waals surface area contributed by atoms with E-state index >= 15 is 0 Å². The predicted octanol–water partition coefficient (Wildman–Crippen LogP) is 3.00. The van der Waals surface area contributed by atoms with Gasteiger partial charge in [0.15, 0.2) is 5.82 Å². The number of carbonyl (C=O) groups is 2. The fourth-order valence-corrected chi connectivity index (χ4v) is 1.45. The average Bonchev–Trinajstić information content (AvgIpc) is 2.92. The number of halogens is 4. The number of aliphatic carboxylic acids is 1. The Kier molecular flexibility index (Phi) is 6.45. The molecule has 0 aliphatic heterocycles. The number of carboxylic acids is 1. The molecule has 0 saturated heterocycles. The second-order valence-electron chi connectivity index (χ2n) is 4.50. The van der Waals surface area contributed by atoms with E-state index in [0.29, 0.717) is 11.4 Å². The Bertz CT molecular complexity index is 686. The number of nitrogens with one attached hydrogen (secondary N) is 2. The van der Waals surface area contributed by atoms with Crippen molar-refractivity contribution in [2.24, 2.45) is 0 Å². The summed E-state index contributed by atoms with van der Waals surface area (Å²) >= 11 is 0. The normalized spacial score (nSPS) is 11.9. The standard InChI is InChI=1S/C12H12FN3O.C2HF3O2/c1-8-7-10(16-15-8)14-12(17)11(13)9-5-3-2-4-6-9;3-2(4,5)1(6)7/h2-7,11H,1H3,(H2,14,15,16,17);(H,6,7). The summed E-state index contributed by atoms with van der Waals surface area (Å²) in [6, 6.07) is 9.92. The summed E-state index contributed by atoms with van der Waals surface area (Å²) in [5.74, 6) is -3.15. The van der Waals surface area contributed by atoms with E-state index in [4.69, 9.17) is 9.90 Å². The number of aromatic amines is 1. The number of aryl methyl sites for hydroxylation is 1. The monoisotopic (exact) mass is 347 g/mol. The van der Waals surface area contributed by atoms with Gasteiger partial charge in [0.2, 0.25) is 6.17 Å². The van der Waals surface area contributed by atoms with Crippen LogP contribution in [0.4, 0.5) is 23.4 Å². The number of hydrogen-bond donors (Lipinski definition) is 3. The molecule has 0 radical (unpaired) electrons. The third-order valence-electron chi connectivity index (χ3n) is 2.52. The SMILES string of the molecule is Cc1cc(NC(=O)C(F)c2ccccc2)n[nH]1.O=C(O)C(F)(F)F. The first-order valence-corrected chi connectivity index (χ1v) is 6.43. The summed E-state index contributed by atoms with van der Waals surface area (Å²) in [4.78, 5) is 20.5. The molecule has 0 fully saturated rings. The number of hydrogen-bond acceptors (Lipinski definition) is 3. The molecule has 1 unspecified atom stereocenters. The maximum absolute atomic E-state index is 13.8. The molecule has 1 atom stereocenters. The fourth-order valence-electron chi connectivity index (χ4n) is 1.45. The van der Waals surface area contributed by atoms with Crippen LogP contribution in [0.25, 0.3) is 0 Å². The van der Waals surface area contributed by atoms with E-state index in [2.05, 4.69) is 15.5 Å². The molecule has 6 nitrogen and oxygen atoms in total.